The number of fused-ring (bicyclic) bond motifs is 1. The van der Waals surface area contributed by atoms with Crippen LogP contribution in [0.2, 0.25) is 0 Å². The number of benzene rings is 2. The summed E-state index contributed by atoms with van der Waals surface area (Å²) in [5.41, 5.74) is 3.07. The van der Waals surface area contributed by atoms with Gasteiger partial charge in [-0.15, -0.1) is 0 Å². The highest BCUT2D eigenvalue weighted by Crippen LogP contribution is 2.25. The third-order valence-electron chi connectivity index (χ3n) is 4.47. The van der Waals surface area contributed by atoms with Crippen LogP contribution in [-0.2, 0) is 13.1 Å². The van der Waals surface area contributed by atoms with E-state index in [4.69, 9.17) is 4.74 Å². The standard InChI is InChI=1S/C21H21N5OS/c1-27-18-11-7-6-10-16(18)12-22-19-17-13-23-26(14-15-8-4-3-5-9-15)20(17)25-21(24-19)28-2/h3-11,13H,12,14H2,1-2H3,(H,22,24,25). The molecule has 0 aliphatic carbocycles. The number of ether oxygens (including phenoxy) is 1. The van der Waals surface area contributed by atoms with Crippen LogP contribution >= 0.6 is 11.8 Å². The van der Waals surface area contributed by atoms with Gasteiger partial charge in [-0.1, -0.05) is 60.3 Å². The number of nitrogens with zero attached hydrogens (tertiary/aromatic N) is 4. The van der Waals surface area contributed by atoms with Crippen LogP contribution in [0.3, 0.4) is 0 Å². The summed E-state index contributed by atoms with van der Waals surface area (Å²) in [7, 11) is 1.68. The Morgan fingerprint density at radius 3 is 2.61 bits per heavy atom. The highest BCUT2D eigenvalue weighted by molar-refractivity contribution is 7.98. The number of anilines is 1. The molecule has 2 aromatic heterocycles. The molecule has 2 aromatic carbocycles. The minimum atomic E-state index is 0.605. The zero-order chi connectivity index (χ0) is 19.3. The van der Waals surface area contributed by atoms with Crippen molar-refractivity contribution in [2.24, 2.45) is 0 Å². The number of hydrogen-bond acceptors (Lipinski definition) is 6. The lowest BCUT2D eigenvalue weighted by Crippen LogP contribution is -2.07. The topological polar surface area (TPSA) is 64.9 Å². The Balaban J connectivity index is 1.66. The van der Waals surface area contributed by atoms with Crippen molar-refractivity contribution in [1.82, 2.24) is 19.7 Å². The average molecular weight is 392 g/mol. The van der Waals surface area contributed by atoms with Crippen molar-refractivity contribution < 1.29 is 4.74 Å². The quantitative estimate of drug-likeness (QED) is 0.376. The van der Waals surface area contributed by atoms with Crippen LogP contribution in [-0.4, -0.2) is 33.1 Å². The minimum Gasteiger partial charge on any atom is -0.496 e. The number of rotatable bonds is 7. The smallest absolute Gasteiger partial charge is 0.191 e. The van der Waals surface area contributed by atoms with E-state index in [1.807, 2.05) is 59.6 Å². The molecule has 0 unspecified atom stereocenters. The van der Waals surface area contributed by atoms with Crippen LogP contribution in [0.15, 0.2) is 66.0 Å². The molecule has 4 aromatic rings. The van der Waals surface area contributed by atoms with E-state index in [1.165, 1.54) is 17.3 Å². The summed E-state index contributed by atoms with van der Waals surface area (Å²) in [6, 6.07) is 18.2. The predicted octanol–water partition coefficient (Wildman–Crippen LogP) is 4.22. The molecule has 4 rings (SSSR count). The van der Waals surface area contributed by atoms with Crippen LogP contribution in [0.25, 0.3) is 11.0 Å². The number of hydrogen-bond donors (Lipinski definition) is 1. The number of thioether (sulfide) groups is 1. The third-order valence-corrected chi connectivity index (χ3v) is 5.02. The van der Waals surface area contributed by atoms with Crippen LogP contribution in [0.5, 0.6) is 5.75 Å². The summed E-state index contributed by atoms with van der Waals surface area (Å²) >= 11 is 1.52. The predicted molar refractivity (Wildman–Crippen MR) is 113 cm³/mol. The van der Waals surface area contributed by atoms with Crippen molar-refractivity contribution in [2.75, 3.05) is 18.7 Å². The molecule has 1 N–H and O–H groups in total. The fraction of sp³-hybridized carbons (Fsp3) is 0.190. The van der Waals surface area contributed by atoms with Gasteiger partial charge in [0.25, 0.3) is 0 Å². The van der Waals surface area contributed by atoms with Gasteiger partial charge in [-0.05, 0) is 17.9 Å². The fourth-order valence-electron chi connectivity index (χ4n) is 3.06. The molecule has 0 atom stereocenters. The van der Waals surface area contributed by atoms with E-state index in [0.29, 0.717) is 18.2 Å². The molecule has 28 heavy (non-hydrogen) atoms. The van der Waals surface area contributed by atoms with Gasteiger partial charge in [0.2, 0.25) is 0 Å². The summed E-state index contributed by atoms with van der Waals surface area (Å²) in [4.78, 5) is 9.34. The lowest BCUT2D eigenvalue weighted by atomic mass is 10.2. The van der Waals surface area contributed by atoms with E-state index in [2.05, 4.69) is 32.5 Å². The second-order valence-corrected chi connectivity index (χ2v) is 7.02. The fourth-order valence-corrected chi connectivity index (χ4v) is 3.42. The first-order chi connectivity index (χ1) is 13.8. The second kappa shape index (κ2) is 8.31. The second-order valence-electron chi connectivity index (χ2n) is 6.25. The molecular formula is C21H21N5OS. The third kappa shape index (κ3) is 3.80. The van der Waals surface area contributed by atoms with Crippen molar-refractivity contribution in [3.63, 3.8) is 0 Å². The Morgan fingerprint density at radius 2 is 1.82 bits per heavy atom. The van der Waals surface area contributed by atoms with Gasteiger partial charge < -0.3 is 10.1 Å². The van der Waals surface area contributed by atoms with E-state index in [0.717, 1.165) is 28.2 Å². The van der Waals surface area contributed by atoms with E-state index in [1.54, 1.807) is 7.11 Å². The molecular weight excluding hydrogens is 370 g/mol. The van der Waals surface area contributed by atoms with Gasteiger partial charge in [0, 0.05) is 12.1 Å². The molecule has 7 heteroatoms. The van der Waals surface area contributed by atoms with Crippen LogP contribution < -0.4 is 10.1 Å². The maximum absolute atomic E-state index is 5.44. The molecule has 0 saturated carbocycles. The summed E-state index contributed by atoms with van der Waals surface area (Å²) < 4.78 is 7.36. The van der Waals surface area contributed by atoms with Gasteiger partial charge in [-0.3, -0.25) is 0 Å². The van der Waals surface area contributed by atoms with Gasteiger partial charge in [0.1, 0.15) is 11.6 Å². The summed E-state index contributed by atoms with van der Waals surface area (Å²) in [5, 5.41) is 9.61. The molecule has 0 radical (unpaired) electrons. The maximum atomic E-state index is 5.44. The molecule has 142 valence electrons. The van der Waals surface area contributed by atoms with Crippen molar-refractivity contribution >= 4 is 28.6 Å². The van der Waals surface area contributed by atoms with Gasteiger partial charge in [0.15, 0.2) is 10.8 Å². The van der Waals surface area contributed by atoms with E-state index >= 15 is 0 Å². The molecule has 0 aliphatic rings. The number of nitrogens with one attached hydrogen (secondary N) is 1. The van der Waals surface area contributed by atoms with Gasteiger partial charge in [-0.25, -0.2) is 14.6 Å². The zero-order valence-corrected chi connectivity index (χ0v) is 16.6. The minimum absolute atomic E-state index is 0.605. The van der Waals surface area contributed by atoms with E-state index in [-0.39, 0.29) is 0 Å². The highest BCUT2D eigenvalue weighted by Gasteiger charge is 2.13. The summed E-state index contributed by atoms with van der Waals surface area (Å²) in [5.74, 6) is 1.63. The number of aromatic nitrogens is 4. The van der Waals surface area contributed by atoms with Crippen LogP contribution in [0.4, 0.5) is 5.82 Å². The monoisotopic (exact) mass is 391 g/mol. The van der Waals surface area contributed by atoms with Gasteiger partial charge in [0.05, 0.1) is 25.2 Å². The lowest BCUT2D eigenvalue weighted by Gasteiger charge is -2.11. The Kier molecular flexibility index (Phi) is 5.43. The lowest BCUT2D eigenvalue weighted by molar-refractivity contribution is 0.410. The first kappa shape index (κ1) is 18.3. The number of para-hydroxylation sites is 1. The molecule has 0 aliphatic heterocycles. The Morgan fingerprint density at radius 1 is 1.04 bits per heavy atom. The molecule has 0 spiro atoms. The molecule has 0 bridgehead atoms. The van der Waals surface area contributed by atoms with Crippen LogP contribution in [0.1, 0.15) is 11.1 Å². The Labute approximate surface area is 168 Å². The SMILES string of the molecule is COc1ccccc1CNc1nc(SC)nc2c1cnn2Cc1ccccc1. The van der Waals surface area contributed by atoms with Crippen molar-refractivity contribution in [3.05, 3.63) is 71.9 Å². The first-order valence-corrected chi connectivity index (χ1v) is 10.2. The largest absolute Gasteiger partial charge is 0.496 e. The molecule has 0 amide bonds. The Hall–Kier alpha value is -3.06. The highest BCUT2D eigenvalue weighted by atomic mass is 32.2. The zero-order valence-electron chi connectivity index (χ0n) is 15.8. The molecule has 0 fully saturated rings. The van der Waals surface area contributed by atoms with Crippen molar-refractivity contribution in [1.29, 1.82) is 0 Å². The van der Waals surface area contributed by atoms with Crippen LogP contribution in [0, 0.1) is 0 Å². The van der Waals surface area contributed by atoms with Gasteiger partial charge >= 0.3 is 0 Å². The maximum Gasteiger partial charge on any atom is 0.191 e. The van der Waals surface area contributed by atoms with Crippen molar-refractivity contribution in [2.45, 2.75) is 18.2 Å². The van der Waals surface area contributed by atoms with E-state index < -0.39 is 0 Å². The summed E-state index contributed by atoms with van der Waals surface area (Å²) in [6.45, 7) is 1.27. The Bertz CT molecular complexity index is 1080. The average Bonchev–Trinajstić information content (AvgIpc) is 3.15. The van der Waals surface area contributed by atoms with E-state index in [9.17, 15) is 0 Å². The summed E-state index contributed by atoms with van der Waals surface area (Å²) in [6.07, 6.45) is 3.80. The molecule has 2 heterocycles. The van der Waals surface area contributed by atoms with Gasteiger partial charge in [-0.2, -0.15) is 5.10 Å². The molecule has 0 saturated heterocycles. The van der Waals surface area contributed by atoms with Crippen molar-refractivity contribution in [3.8, 4) is 5.75 Å². The normalized spacial score (nSPS) is 10.9. The first-order valence-electron chi connectivity index (χ1n) is 8.95. The number of methoxy groups -OCH3 is 1. The molecule has 6 nitrogen and oxygen atoms in total.